The van der Waals surface area contributed by atoms with Crippen LogP contribution in [0.15, 0.2) is 116 Å². The molecule has 6 rings (SSSR count). The predicted octanol–water partition coefficient (Wildman–Crippen LogP) is 7.12. The first-order valence-electron chi connectivity index (χ1n) is 27.7. The summed E-state index contributed by atoms with van der Waals surface area (Å²) < 4.78 is 212. The van der Waals surface area contributed by atoms with Gasteiger partial charge in [0.1, 0.15) is 16.3 Å². The molecule has 2 heterocycles. The van der Waals surface area contributed by atoms with Gasteiger partial charge in [0.05, 0.1) is 87.0 Å². The highest BCUT2D eigenvalue weighted by molar-refractivity contribution is 7.87. The van der Waals surface area contributed by atoms with Crippen LogP contribution < -0.4 is 4.90 Å². The molecular weight excluding hydrogens is 1240 g/mol. The van der Waals surface area contributed by atoms with Crippen LogP contribution in [-0.4, -0.2) is 185 Å². The van der Waals surface area contributed by atoms with Gasteiger partial charge in [-0.15, -0.1) is 0 Å². The highest BCUT2D eigenvalue weighted by atomic mass is 32.2. The molecule has 2 aliphatic rings. The van der Waals surface area contributed by atoms with Crippen molar-refractivity contribution in [1.29, 1.82) is 0 Å². The Morgan fingerprint density at radius 2 is 1.05 bits per heavy atom. The van der Waals surface area contributed by atoms with Crippen LogP contribution >= 0.6 is 0 Å². The number of fused-ring (bicyclic) bond motifs is 6. The van der Waals surface area contributed by atoms with Crippen LogP contribution in [-0.2, 0) is 94.6 Å². The minimum atomic E-state index is -5.08. The van der Waals surface area contributed by atoms with Crippen molar-refractivity contribution in [3.63, 3.8) is 0 Å². The monoisotopic (exact) mass is 1320 g/mol. The van der Waals surface area contributed by atoms with Crippen molar-refractivity contribution >= 4 is 95.2 Å². The van der Waals surface area contributed by atoms with Gasteiger partial charge in [0.25, 0.3) is 50.6 Å². The molecule has 2 atom stereocenters. The number of aliphatic carboxylic acids is 1. The van der Waals surface area contributed by atoms with E-state index in [9.17, 15) is 74.8 Å². The van der Waals surface area contributed by atoms with E-state index in [1.165, 1.54) is 12.1 Å². The molecule has 6 N–H and O–H groups in total. The van der Waals surface area contributed by atoms with Gasteiger partial charge in [-0.3, -0.25) is 27.6 Å². The summed E-state index contributed by atoms with van der Waals surface area (Å²) in [5, 5.41) is 9.38. The molecule has 0 fully saturated rings. The third-order valence-corrected chi connectivity index (χ3v) is 19.2. The summed E-state index contributed by atoms with van der Waals surface area (Å²) >= 11 is 0. The Kier molecular flexibility index (Phi) is 24.7. The van der Waals surface area contributed by atoms with Crippen LogP contribution in [0.1, 0.15) is 76.8 Å². The van der Waals surface area contributed by atoms with Gasteiger partial charge < -0.3 is 38.4 Å². The van der Waals surface area contributed by atoms with E-state index in [-0.39, 0.29) is 73.7 Å². The maximum absolute atomic E-state index is 12.9. The Morgan fingerprint density at radius 3 is 1.54 bits per heavy atom. The standard InChI is InChI=1S/C57H74N2O23S5/c1-5-58-47-20-18-43-45(37-41(84(65,66)67)39-49(43)86(71,72)73)54(47)56(2,22-14-36-83(62,63)64)51(58)15-10-7-6-8-11-16-52-57(3,23-25-78-28-29-80-32-33-82-35-34-81-31-30-79-27-26-77-4)55-46-38-42(85(68,69)70)40-50(87(74,75)76)44(46)19-21-48(55)59(52)24-13-9-12-17-53(60)61/h6-8,10-11,15-16,18-21,37-40H,5,9,12-14,17,22-36H2,1-4H3,(H5-,60,61,62,63,64,65,66,67,68,69,70,71,72,73,74,75,76)/p+1. The first-order valence-corrected chi connectivity index (χ1v) is 35.1. The maximum Gasteiger partial charge on any atom is 0.303 e. The molecule has 4 aromatic carbocycles. The summed E-state index contributed by atoms with van der Waals surface area (Å²) in [5.41, 5.74) is 0.674. The fraction of sp³-hybridized carbons (Fsp3) is 0.474. The lowest BCUT2D eigenvalue weighted by atomic mass is 9.75. The van der Waals surface area contributed by atoms with Crippen LogP contribution in [0, 0.1) is 0 Å². The molecule has 0 aliphatic carbocycles. The van der Waals surface area contributed by atoms with E-state index in [2.05, 4.69) is 0 Å². The van der Waals surface area contributed by atoms with Crippen molar-refractivity contribution in [2.24, 2.45) is 0 Å². The lowest BCUT2D eigenvalue weighted by Crippen LogP contribution is -2.33. The zero-order valence-electron chi connectivity index (χ0n) is 48.6. The van der Waals surface area contributed by atoms with Gasteiger partial charge in [0.2, 0.25) is 5.69 Å². The number of anilines is 1. The summed E-state index contributed by atoms with van der Waals surface area (Å²) in [7, 11) is -23.1. The molecular formula is C57H75N2O23S5+. The zero-order chi connectivity index (χ0) is 64.0. The second-order valence-electron chi connectivity index (χ2n) is 20.9. The number of hydrogen-bond acceptors (Lipinski definition) is 18. The quantitative estimate of drug-likeness (QED) is 0.0113. The molecule has 2 aliphatic heterocycles. The second kappa shape index (κ2) is 30.4. The summed E-state index contributed by atoms with van der Waals surface area (Å²) in [6.07, 6.45) is 13.4. The van der Waals surface area contributed by atoms with Crippen molar-refractivity contribution in [2.75, 3.05) is 104 Å². The van der Waals surface area contributed by atoms with Crippen molar-refractivity contribution in [3.8, 4) is 0 Å². The summed E-state index contributed by atoms with van der Waals surface area (Å²) in [5.74, 6) is -1.61. The lowest BCUT2D eigenvalue weighted by molar-refractivity contribution is -0.438. The van der Waals surface area contributed by atoms with Crippen LogP contribution in [0.3, 0.4) is 0 Å². The van der Waals surface area contributed by atoms with Crippen LogP contribution in [0.4, 0.5) is 11.4 Å². The van der Waals surface area contributed by atoms with E-state index in [0.717, 1.165) is 12.1 Å². The Balaban J connectivity index is 1.34. The number of allylic oxidation sites excluding steroid dienone is 8. The van der Waals surface area contributed by atoms with Gasteiger partial charge in [-0.1, -0.05) is 36.4 Å². The lowest BCUT2D eigenvalue weighted by Gasteiger charge is -2.30. The molecule has 25 nitrogen and oxygen atoms in total. The highest BCUT2D eigenvalue weighted by Gasteiger charge is 2.49. The molecule has 0 saturated heterocycles. The highest BCUT2D eigenvalue weighted by Crippen LogP contribution is 2.54. The number of carboxylic acids is 1. The number of carboxylic acid groups (broad SMARTS) is 1. The van der Waals surface area contributed by atoms with Gasteiger partial charge in [-0.05, 0) is 112 Å². The minimum Gasteiger partial charge on any atom is -0.481 e. The number of methoxy groups -OCH3 is 1. The summed E-state index contributed by atoms with van der Waals surface area (Å²) in [6, 6.07) is 9.58. The number of likely N-dealkylation sites (N-methyl/N-ethyl adjacent to an activating group) is 1. The first-order chi connectivity index (χ1) is 40.9. The number of carbonyl (C=O) groups is 1. The van der Waals surface area contributed by atoms with E-state index in [1.807, 2.05) is 23.3 Å². The Labute approximate surface area is 507 Å². The van der Waals surface area contributed by atoms with Gasteiger partial charge in [0, 0.05) is 78.4 Å². The Hall–Kier alpha value is -5.39. The van der Waals surface area contributed by atoms with Gasteiger partial charge in [-0.25, -0.2) is 0 Å². The summed E-state index contributed by atoms with van der Waals surface area (Å²) in [6.45, 7) is 9.54. The number of ether oxygens (including phenoxy) is 6. The van der Waals surface area contributed by atoms with E-state index in [0.29, 0.717) is 125 Å². The van der Waals surface area contributed by atoms with Crippen molar-refractivity contribution in [2.45, 2.75) is 96.1 Å². The number of rotatable bonds is 37. The van der Waals surface area contributed by atoms with Gasteiger partial charge >= 0.3 is 5.97 Å². The van der Waals surface area contributed by atoms with Crippen molar-refractivity contribution in [3.05, 3.63) is 108 Å². The zero-order valence-corrected chi connectivity index (χ0v) is 52.7. The second-order valence-corrected chi connectivity index (χ2v) is 28.1. The van der Waals surface area contributed by atoms with Crippen molar-refractivity contribution in [1.82, 2.24) is 0 Å². The van der Waals surface area contributed by atoms with Gasteiger partial charge in [-0.2, -0.15) is 46.7 Å². The van der Waals surface area contributed by atoms with E-state index < -0.39 is 92.7 Å². The average Bonchev–Trinajstić information content (AvgIpc) is 1.62. The average molecular weight is 1320 g/mol. The van der Waals surface area contributed by atoms with Gasteiger partial charge in [0.15, 0.2) is 5.71 Å². The molecule has 87 heavy (non-hydrogen) atoms. The maximum atomic E-state index is 12.9. The molecule has 4 aromatic rings. The largest absolute Gasteiger partial charge is 0.481 e. The molecule has 0 saturated carbocycles. The molecule has 0 amide bonds. The van der Waals surface area contributed by atoms with Crippen molar-refractivity contribution < 1.29 is 108 Å². The third kappa shape index (κ3) is 18.4. The van der Waals surface area contributed by atoms with E-state index in [1.54, 1.807) is 68.7 Å². The number of unbranched alkanes of at least 4 members (excludes halogenated alkanes) is 2. The van der Waals surface area contributed by atoms with Crippen LogP contribution in [0.2, 0.25) is 0 Å². The van der Waals surface area contributed by atoms with E-state index >= 15 is 0 Å². The molecule has 0 bridgehead atoms. The predicted molar refractivity (Wildman–Crippen MR) is 323 cm³/mol. The van der Waals surface area contributed by atoms with E-state index in [4.69, 9.17) is 28.4 Å². The fourth-order valence-electron chi connectivity index (χ4n) is 11.0. The number of hydrogen-bond donors (Lipinski definition) is 6. The van der Waals surface area contributed by atoms with Crippen LogP contribution in [0.5, 0.6) is 0 Å². The topological polar surface area (TPSA) is 371 Å². The molecule has 0 spiro atoms. The Morgan fingerprint density at radius 1 is 0.552 bits per heavy atom. The third-order valence-electron chi connectivity index (χ3n) is 14.9. The number of nitrogens with zero attached hydrogens (tertiary/aromatic N) is 2. The summed E-state index contributed by atoms with van der Waals surface area (Å²) in [4.78, 5) is 10.1. The SMILES string of the molecule is CCN1C(=CC=CC=CC=CC2=[N+](CCCCCC(=O)O)c3ccc4c(S(=O)(=O)O)cc(S(=O)(=O)O)cc4c3C2(C)CCOCCOCCOCCOCCOCCOC)C(C)(CCCS(=O)(=O)O)c2c1ccc1c(S(=O)(=O)O)cc(S(=O)(=O)O)cc21. The first kappa shape index (κ1) is 70.7. The Bertz CT molecular complexity index is 3900. The number of benzene rings is 4. The molecule has 480 valence electrons. The van der Waals surface area contributed by atoms with Crippen LogP contribution in [0.25, 0.3) is 21.5 Å². The molecule has 0 aromatic heterocycles. The fourth-order valence-corrected chi connectivity index (χ4v) is 14.2. The molecule has 0 radical (unpaired) electrons. The molecule has 2 unspecified atom stereocenters. The normalized spacial score (nSPS) is 18.3. The smallest absolute Gasteiger partial charge is 0.303 e. The minimum absolute atomic E-state index is 0.0174. The molecule has 30 heteroatoms.